The number of aromatic nitrogens is 2. The molecule has 7 heteroatoms. The highest BCUT2D eigenvalue weighted by atomic mass is 35.5. The van der Waals surface area contributed by atoms with Crippen molar-refractivity contribution in [1.82, 2.24) is 9.55 Å². The van der Waals surface area contributed by atoms with Gasteiger partial charge in [0, 0.05) is 12.3 Å². The molecule has 0 aliphatic rings. The van der Waals surface area contributed by atoms with Crippen LogP contribution in [0.15, 0.2) is 18.2 Å². The lowest BCUT2D eigenvalue weighted by Crippen LogP contribution is -2.15. The second-order valence-electron chi connectivity index (χ2n) is 4.16. The molecule has 2 rings (SSSR count). The Morgan fingerprint density at radius 3 is 2.79 bits per heavy atom. The van der Waals surface area contributed by atoms with Gasteiger partial charge in [0.15, 0.2) is 15.7 Å². The lowest BCUT2D eigenvalue weighted by atomic mass is 10.3. The minimum Gasteiger partial charge on any atom is -0.326 e. The summed E-state index contributed by atoms with van der Waals surface area (Å²) in [6.07, 6.45) is 0. The van der Waals surface area contributed by atoms with Gasteiger partial charge < -0.3 is 4.57 Å². The van der Waals surface area contributed by atoms with E-state index in [0.29, 0.717) is 11.3 Å². The molecular weight excluding hydrogens is 291 g/mol. The van der Waals surface area contributed by atoms with Crippen LogP contribution in [0.5, 0.6) is 0 Å². The Morgan fingerprint density at radius 2 is 2.16 bits per heavy atom. The van der Waals surface area contributed by atoms with Gasteiger partial charge in [-0.2, -0.15) is 0 Å². The molecule has 0 bridgehead atoms. The maximum atomic E-state index is 13.6. The lowest BCUT2D eigenvalue weighted by molar-refractivity contribution is 0.590. The second-order valence-corrected chi connectivity index (χ2v) is 6.90. The van der Waals surface area contributed by atoms with E-state index in [4.69, 9.17) is 11.6 Å². The molecule has 0 aliphatic carbocycles. The number of alkyl halides is 1. The van der Waals surface area contributed by atoms with Crippen molar-refractivity contribution in [1.29, 1.82) is 0 Å². The van der Waals surface area contributed by atoms with E-state index in [0.717, 1.165) is 0 Å². The molecule has 1 aromatic carbocycles. The van der Waals surface area contributed by atoms with Gasteiger partial charge in [0.05, 0.1) is 17.1 Å². The number of halogens is 2. The predicted molar refractivity (Wildman–Crippen MR) is 73.6 cm³/mol. The van der Waals surface area contributed by atoms with Gasteiger partial charge in [-0.05, 0) is 12.1 Å². The van der Waals surface area contributed by atoms with E-state index in [1.54, 1.807) is 23.6 Å². The minimum atomic E-state index is -3.08. The van der Waals surface area contributed by atoms with Crippen molar-refractivity contribution < 1.29 is 12.8 Å². The summed E-state index contributed by atoms with van der Waals surface area (Å²) in [6, 6.07) is 4.60. The molecule has 0 N–H and O–H groups in total. The number of benzene rings is 1. The average molecular weight is 305 g/mol. The van der Waals surface area contributed by atoms with Gasteiger partial charge in [0.2, 0.25) is 0 Å². The van der Waals surface area contributed by atoms with Crippen LogP contribution in [0.25, 0.3) is 11.0 Å². The number of nitrogens with zero attached hydrogens (tertiary/aromatic N) is 2. The normalized spacial score (nSPS) is 12.2. The van der Waals surface area contributed by atoms with Gasteiger partial charge in [-0.25, -0.2) is 17.8 Å². The van der Waals surface area contributed by atoms with Crippen LogP contribution in [0, 0.1) is 5.82 Å². The fourth-order valence-corrected chi connectivity index (χ4v) is 2.84. The summed E-state index contributed by atoms with van der Waals surface area (Å²) in [6.45, 7) is 1.83. The quantitative estimate of drug-likeness (QED) is 0.797. The molecule has 0 amide bonds. The third-order valence-corrected chi connectivity index (χ3v) is 4.92. The van der Waals surface area contributed by atoms with Crippen molar-refractivity contribution in [2.24, 2.45) is 0 Å². The molecule has 0 spiro atoms. The molecule has 19 heavy (non-hydrogen) atoms. The summed E-state index contributed by atoms with van der Waals surface area (Å²) >= 11 is 5.78. The summed E-state index contributed by atoms with van der Waals surface area (Å²) in [5.74, 6) is 0.244. The van der Waals surface area contributed by atoms with Crippen LogP contribution in [0.1, 0.15) is 12.7 Å². The van der Waals surface area contributed by atoms with Crippen molar-refractivity contribution >= 4 is 32.5 Å². The molecule has 0 saturated heterocycles. The SMILES string of the molecule is CCS(=O)(=O)CCn1c(CCl)nc2c(F)cccc21. The van der Waals surface area contributed by atoms with E-state index < -0.39 is 15.7 Å². The molecule has 0 radical (unpaired) electrons. The third-order valence-electron chi connectivity index (χ3n) is 2.99. The fourth-order valence-electron chi connectivity index (χ4n) is 1.89. The van der Waals surface area contributed by atoms with Crippen LogP contribution in [0.4, 0.5) is 4.39 Å². The summed E-state index contributed by atoms with van der Waals surface area (Å²) in [4.78, 5) is 4.12. The monoisotopic (exact) mass is 304 g/mol. The van der Waals surface area contributed by atoms with E-state index in [1.165, 1.54) is 6.07 Å². The maximum absolute atomic E-state index is 13.6. The highest BCUT2D eigenvalue weighted by molar-refractivity contribution is 7.91. The largest absolute Gasteiger partial charge is 0.326 e. The molecule has 0 unspecified atom stereocenters. The Morgan fingerprint density at radius 1 is 1.42 bits per heavy atom. The van der Waals surface area contributed by atoms with Gasteiger partial charge in [-0.3, -0.25) is 0 Å². The van der Waals surface area contributed by atoms with Crippen molar-refractivity contribution in [2.75, 3.05) is 11.5 Å². The highest BCUT2D eigenvalue weighted by Crippen LogP contribution is 2.20. The number of fused-ring (bicyclic) bond motifs is 1. The first-order valence-electron chi connectivity index (χ1n) is 5.88. The summed E-state index contributed by atoms with van der Waals surface area (Å²) in [5.41, 5.74) is 0.800. The Bertz CT molecular complexity index is 697. The Labute approximate surface area is 116 Å². The second kappa shape index (κ2) is 5.46. The van der Waals surface area contributed by atoms with Crippen LogP contribution in [-0.2, 0) is 22.3 Å². The molecule has 0 saturated carbocycles. The van der Waals surface area contributed by atoms with Crippen molar-refractivity contribution in [3.05, 3.63) is 29.8 Å². The van der Waals surface area contributed by atoms with Gasteiger partial charge in [-0.15, -0.1) is 11.6 Å². The molecule has 2 aromatic rings. The van der Waals surface area contributed by atoms with Crippen LogP contribution < -0.4 is 0 Å². The molecule has 0 fully saturated rings. The average Bonchev–Trinajstić information content (AvgIpc) is 2.76. The zero-order valence-corrected chi connectivity index (χ0v) is 12.0. The molecular formula is C12H14ClFN2O2S. The zero-order valence-electron chi connectivity index (χ0n) is 10.4. The summed E-state index contributed by atoms with van der Waals surface area (Å²) in [5, 5.41) is 0. The highest BCUT2D eigenvalue weighted by Gasteiger charge is 2.15. The first-order valence-corrected chi connectivity index (χ1v) is 8.24. The number of imidazole rings is 1. The summed E-state index contributed by atoms with van der Waals surface area (Å²) < 4.78 is 38.4. The first kappa shape index (κ1) is 14.3. The van der Waals surface area contributed by atoms with Crippen LogP contribution in [0.2, 0.25) is 0 Å². The third kappa shape index (κ3) is 2.90. The van der Waals surface area contributed by atoms with Crippen molar-refractivity contribution in [3.63, 3.8) is 0 Å². The zero-order chi connectivity index (χ0) is 14.0. The molecule has 1 aromatic heterocycles. The molecule has 104 valence electrons. The van der Waals surface area contributed by atoms with E-state index in [9.17, 15) is 12.8 Å². The maximum Gasteiger partial charge on any atom is 0.151 e. The van der Waals surface area contributed by atoms with Crippen molar-refractivity contribution in [2.45, 2.75) is 19.3 Å². The van der Waals surface area contributed by atoms with Gasteiger partial charge in [0.1, 0.15) is 11.3 Å². The summed E-state index contributed by atoms with van der Waals surface area (Å²) in [7, 11) is -3.08. The number of aryl methyl sites for hydroxylation is 1. The molecule has 1 heterocycles. The number of hydrogen-bond donors (Lipinski definition) is 0. The molecule has 4 nitrogen and oxygen atoms in total. The van der Waals surface area contributed by atoms with E-state index in [-0.39, 0.29) is 29.4 Å². The van der Waals surface area contributed by atoms with Gasteiger partial charge in [0.25, 0.3) is 0 Å². The fraction of sp³-hybridized carbons (Fsp3) is 0.417. The molecule has 0 atom stereocenters. The number of sulfone groups is 1. The Hall–Kier alpha value is -1.14. The number of rotatable bonds is 5. The standard InChI is InChI=1S/C12H14ClFN2O2S/c1-2-19(17,18)7-6-16-10-5-3-4-9(14)12(10)15-11(16)8-13/h3-5H,2,6-8H2,1H3. The van der Waals surface area contributed by atoms with Crippen LogP contribution in [-0.4, -0.2) is 29.5 Å². The van der Waals surface area contributed by atoms with Gasteiger partial charge in [-0.1, -0.05) is 13.0 Å². The lowest BCUT2D eigenvalue weighted by Gasteiger charge is -2.07. The van der Waals surface area contributed by atoms with Gasteiger partial charge >= 0.3 is 0 Å². The number of para-hydroxylation sites is 1. The minimum absolute atomic E-state index is 0.00460. The van der Waals surface area contributed by atoms with E-state index in [2.05, 4.69) is 4.98 Å². The predicted octanol–water partition coefficient (Wildman–Crippen LogP) is 2.35. The topological polar surface area (TPSA) is 52.0 Å². The van der Waals surface area contributed by atoms with E-state index >= 15 is 0 Å². The van der Waals surface area contributed by atoms with Crippen LogP contribution in [0.3, 0.4) is 0 Å². The molecule has 0 aliphatic heterocycles. The Balaban J connectivity index is 2.44. The smallest absolute Gasteiger partial charge is 0.151 e. The van der Waals surface area contributed by atoms with Crippen LogP contribution >= 0.6 is 11.6 Å². The first-order chi connectivity index (χ1) is 8.98. The van der Waals surface area contributed by atoms with Crippen molar-refractivity contribution in [3.8, 4) is 0 Å². The Kier molecular flexibility index (Phi) is 4.10. The number of hydrogen-bond acceptors (Lipinski definition) is 3. The van der Waals surface area contributed by atoms with E-state index in [1.807, 2.05) is 0 Å².